The Labute approximate surface area is 94.8 Å². The lowest BCUT2D eigenvalue weighted by Crippen LogP contribution is -2.36. The first-order valence-corrected chi connectivity index (χ1v) is 4.70. The van der Waals surface area contributed by atoms with Gasteiger partial charge in [0.25, 0.3) is 5.92 Å². The van der Waals surface area contributed by atoms with Crippen LogP contribution in [0.2, 0.25) is 10.3 Å². The molecule has 0 aromatic carbocycles. The fraction of sp³-hybridized carbons (Fsp3) is 0.375. The summed E-state index contributed by atoms with van der Waals surface area (Å²) in [6.07, 6.45) is 0. The first-order valence-electron chi connectivity index (χ1n) is 3.94. The molecular formula is C8H8Cl2F2N2O. The molecule has 0 unspecified atom stereocenters. The minimum absolute atomic E-state index is 0.0554. The third-order valence-corrected chi connectivity index (χ3v) is 2.36. The van der Waals surface area contributed by atoms with E-state index in [2.05, 4.69) is 4.98 Å². The number of aliphatic hydroxyl groups is 1. The van der Waals surface area contributed by atoms with Crippen LogP contribution in [-0.2, 0) is 0 Å². The highest BCUT2D eigenvalue weighted by Gasteiger charge is 2.38. The van der Waals surface area contributed by atoms with Gasteiger partial charge in [-0.05, 0) is 6.07 Å². The topological polar surface area (TPSA) is 59.1 Å². The molecule has 0 saturated carbocycles. The molecule has 0 bridgehead atoms. The van der Waals surface area contributed by atoms with E-state index in [1.54, 1.807) is 0 Å². The number of rotatable bonds is 3. The van der Waals surface area contributed by atoms with Gasteiger partial charge >= 0.3 is 0 Å². The number of nitrogens with zero attached hydrogens (tertiary/aromatic N) is 1. The van der Waals surface area contributed by atoms with Crippen molar-refractivity contribution in [1.82, 2.24) is 4.98 Å². The van der Waals surface area contributed by atoms with Crippen molar-refractivity contribution in [3.8, 4) is 0 Å². The summed E-state index contributed by atoms with van der Waals surface area (Å²) in [5, 5.41) is 8.35. The van der Waals surface area contributed by atoms with E-state index >= 15 is 0 Å². The Bertz CT molecular complexity index is 362. The van der Waals surface area contributed by atoms with E-state index in [0.717, 1.165) is 0 Å². The van der Waals surface area contributed by atoms with Crippen LogP contribution in [0.3, 0.4) is 0 Å². The minimum Gasteiger partial charge on any atom is -0.390 e. The summed E-state index contributed by atoms with van der Waals surface area (Å²) in [6, 6.07) is 0.849. The Balaban J connectivity index is 3.06. The van der Waals surface area contributed by atoms with E-state index < -0.39 is 18.6 Å². The van der Waals surface area contributed by atoms with E-state index in [-0.39, 0.29) is 15.9 Å². The smallest absolute Gasteiger partial charge is 0.289 e. The number of halogens is 4. The lowest BCUT2D eigenvalue weighted by Gasteiger charge is -2.22. The first-order chi connectivity index (χ1) is 6.88. The molecule has 0 aliphatic rings. The van der Waals surface area contributed by atoms with Gasteiger partial charge in [-0.1, -0.05) is 29.3 Å². The van der Waals surface area contributed by atoms with Crippen molar-refractivity contribution in [3.05, 3.63) is 28.0 Å². The molecule has 1 heterocycles. The largest absolute Gasteiger partial charge is 0.390 e. The second-order valence-corrected chi connectivity index (χ2v) is 3.66. The maximum Gasteiger partial charge on any atom is 0.289 e. The zero-order valence-electron chi connectivity index (χ0n) is 7.42. The molecule has 0 fully saturated rings. The van der Waals surface area contributed by atoms with Crippen LogP contribution in [0.25, 0.3) is 0 Å². The van der Waals surface area contributed by atoms with Gasteiger partial charge < -0.3 is 10.8 Å². The zero-order valence-corrected chi connectivity index (χ0v) is 8.93. The summed E-state index contributed by atoms with van der Waals surface area (Å²) < 4.78 is 26.0. The Morgan fingerprint density at radius 1 is 1.47 bits per heavy atom. The molecule has 84 valence electrons. The van der Waals surface area contributed by atoms with Gasteiger partial charge in [0, 0.05) is 5.56 Å². The van der Waals surface area contributed by atoms with Gasteiger partial charge in [-0.15, -0.1) is 0 Å². The lowest BCUT2D eigenvalue weighted by atomic mass is 10.0. The first kappa shape index (κ1) is 12.6. The summed E-state index contributed by atoms with van der Waals surface area (Å²) in [4.78, 5) is 3.58. The molecule has 1 aromatic heterocycles. The molecule has 1 aromatic rings. The monoisotopic (exact) mass is 256 g/mol. The Hall–Kier alpha value is -0.490. The number of aliphatic hydroxyl groups excluding tert-OH is 1. The second kappa shape index (κ2) is 4.57. The van der Waals surface area contributed by atoms with Crippen LogP contribution in [0.15, 0.2) is 12.1 Å². The van der Waals surface area contributed by atoms with E-state index in [9.17, 15) is 8.78 Å². The van der Waals surface area contributed by atoms with Gasteiger partial charge in [0.2, 0.25) is 0 Å². The molecule has 0 aliphatic carbocycles. The van der Waals surface area contributed by atoms with Crippen molar-refractivity contribution in [2.24, 2.45) is 5.73 Å². The van der Waals surface area contributed by atoms with Crippen molar-refractivity contribution in [3.63, 3.8) is 0 Å². The van der Waals surface area contributed by atoms with Crippen LogP contribution in [0.5, 0.6) is 0 Å². The van der Waals surface area contributed by atoms with Gasteiger partial charge in [0.1, 0.15) is 16.9 Å². The van der Waals surface area contributed by atoms with Crippen LogP contribution in [0.4, 0.5) is 8.78 Å². The second-order valence-electron chi connectivity index (χ2n) is 2.91. The van der Waals surface area contributed by atoms with Gasteiger partial charge in [-0.2, -0.15) is 0 Å². The fourth-order valence-electron chi connectivity index (χ4n) is 0.981. The Morgan fingerprint density at radius 2 is 2.07 bits per heavy atom. The molecule has 0 spiro atoms. The molecule has 3 nitrogen and oxygen atoms in total. The summed E-state index contributed by atoms with van der Waals surface area (Å²) in [7, 11) is 0. The number of hydrogen-bond donors (Lipinski definition) is 2. The van der Waals surface area contributed by atoms with Gasteiger partial charge in [-0.25, -0.2) is 13.8 Å². The average Bonchev–Trinajstić information content (AvgIpc) is 2.17. The predicted molar refractivity (Wildman–Crippen MR) is 53.2 cm³/mol. The number of alkyl halides is 2. The van der Waals surface area contributed by atoms with Gasteiger partial charge in [-0.3, -0.25) is 0 Å². The minimum atomic E-state index is -3.45. The molecule has 0 aliphatic heterocycles. The molecule has 0 amide bonds. The third-order valence-electron chi connectivity index (χ3n) is 1.84. The normalized spacial score (nSPS) is 14.0. The molecule has 15 heavy (non-hydrogen) atoms. The quantitative estimate of drug-likeness (QED) is 0.814. The van der Waals surface area contributed by atoms with E-state index in [1.807, 2.05) is 0 Å². The number of nitrogens with two attached hydrogens (primary N) is 1. The van der Waals surface area contributed by atoms with E-state index in [0.29, 0.717) is 0 Å². The summed E-state index contributed by atoms with van der Waals surface area (Å²) in [5.41, 5.74) is 5.20. The number of pyridine rings is 1. The van der Waals surface area contributed by atoms with Gasteiger partial charge in [0.05, 0.1) is 6.04 Å². The Kier molecular flexibility index (Phi) is 3.83. The molecule has 0 radical (unpaired) electrons. The zero-order chi connectivity index (χ0) is 11.6. The third kappa shape index (κ3) is 2.75. The highest BCUT2D eigenvalue weighted by Crippen LogP contribution is 2.32. The molecule has 1 atom stereocenters. The highest BCUT2D eigenvalue weighted by atomic mass is 35.5. The predicted octanol–water partition coefficient (Wildman–Crippen LogP) is 2.02. The van der Waals surface area contributed by atoms with Crippen molar-refractivity contribution < 1.29 is 13.9 Å². The van der Waals surface area contributed by atoms with Crippen LogP contribution < -0.4 is 5.73 Å². The average molecular weight is 257 g/mol. The highest BCUT2D eigenvalue weighted by molar-refractivity contribution is 6.32. The standard InChI is InChI=1S/C8H8Cl2F2N2O/c9-5-2-1-4(7(10)14-5)6(13)8(11,12)3-15/h1-2,6,15H,3,13H2/t6-/m1/s1. The van der Waals surface area contributed by atoms with Gasteiger partial charge in [0.15, 0.2) is 0 Å². The van der Waals surface area contributed by atoms with Crippen molar-refractivity contribution in [1.29, 1.82) is 0 Å². The van der Waals surface area contributed by atoms with Crippen LogP contribution in [-0.4, -0.2) is 22.6 Å². The molecule has 1 rings (SSSR count). The summed E-state index contributed by atoms with van der Waals surface area (Å²) in [6.45, 7) is -1.35. The molecule has 0 saturated heterocycles. The van der Waals surface area contributed by atoms with Crippen LogP contribution in [0.1, 0.15) is 11.6 Å². The molecular weight excluding hydrogens is 249 g/mol. The Morgan fingerprint density at radius 3 is 2.53 bits per heavy atom. The van der Waals surface area contributed by atoms with E-state index in [4.69, 9.17) is 34.0 Å². The van der Waals surface area contributed by atoms with E-state index in [1.165, 1.54) is 12.1 Å². The maximum atomic E-state index is 13.0. The molecule has 7 heteroatoms. The maximum absolute atomic E-state index is 13.0. The lowest BCUT2D eigenvalue weighted by molar-refractivity contribution is -0.0712. The molecule has 3 N–H and O–H groups in total. The fourth-order valence-corrected chi connectivity index (χ4v) is 1.44. The summed E-state index contributed by atoms with van der Waals surface area (Å²) in [5.74, 6) is -3.45. The van der Waals surface area contributed by atoms with Crippen LogP contribution in [0, 0.1) is 0 Å². The van der Waals surface area contributed by atoms with Crippen molar-refractivity contribution >= 4 is 23.2 Å². The summed E-state index contributed by atoms with van der Waals surface area (Å²) >= 11 is 11.1. The number of hydrogen-bond acceptors (Lipinski definition) is 3. The number of aromatic nitrogens is 1. The SMILES string of the molecule is N[C@H](c1ccc(Cl)nc1Cl)C(F)(F)CO. The van der Waals surface area contributed by atoms with Crippen molar-refractivity contribution in [2.75, 3.05) is 6.61 Å². The van der Waals surface area contributed by atoms with Crippen LogP contribution >= 0.6 is 23.2 Å². The van der Waals surface area contributed by atoms with Crippen molar-refractivity contribution in [2.45, 2.75) is 12.0 Å².